The molecule has 134 valence electrons. The van der Waals surface area contributed by atoms with E-state index >= 15 is 0 Å². The van der Waals surface area contributed by atoms with E-state index in [-0.39, 0.29) is 0 Å². The summed E-state index contributed by atoms with van der Waals surface area (Å²) in [5.74, 6) is 0. The topological polar surface area (TPSA) is 0 Å². The normalized spacial score (nSPS) is 13.7. The van der Waals surface area contributed by atoms with E-state index in [2.05, 4.69) is 54.6 Å². The van der Waals surface area contributed by atoms with E-state index < -0.39 is 11.4 Å². The Morgan fingerprint density at radius 2 is 1.00 bits per heavy atom. The summed E-state index contributed by atoms with van der Waals surface area (Å²) in [6.07, 6.45) is 0. The summed E-state index contributed by atoms with van der Waals surface area (Å²) < 4.78 is 5.65. The van der Waals surface area contributed by atoms with Gasteiger partial charge in [0.05, 0.1) is 0 Å². The zero-order valence-electron chi connectivity index (χ0n) is 12.8. The Kier molecular flexibility index (Phi) is 5.53. The van der Waals surface area contributed by atoms with Crippen molar-refractivity contribution >= 4 is 129 Å². The summed E-state index contributed by atoms with van der Waals surface area (Å²) in [4.78, 5) is 0. The van der Waals surface area contributed by atoms with Crippen LogP contribution in [0.1, 0.15) is 0 Å². The zero-order valence-corrected chi connectivity index (χ0v) is 21.9. The van der Waals surface area contributed by atoms with E-state index in [0.29, 0.717) is 0 Å². The quantitative estimate of drug-likeness (QED) is 0.122. The van der Waals surface area contributed by atoms with Crippen molar-refractivity contribution in [3.63, 3.8) is 0 Å². The van der Waals surface area contributed by atoms with Gasteiger partial charge in [0.25, 0.3) is 0 Å². The van der Waals surface area contributed by atoms with Crippen molar-refractivity contribution in [2.45, 2.75) is 0 Å². The second-order valence-corrected chi connectivity index (χ2v) is 51.6. The first kappa shape index (κ1) is 20.0. The molecule has 0 radical (unpaired) electrons. The minimum absolute atomic E-state index is 1.39. The first-order chi connectivity index (χ1) is 12.1. The fourth-order valence-electron chi connectivity index (χ4n) is 2.74. The van der Waals surface area contributed by atoms with E-state index in [1.54, 1.807) is 0 Å². The maximum absolute atomic E-state index is 5.06. The molecule has 5 rings (SSSR count). The third-order valence-corrected chi connectivity index (χ3v) is 7.45. The van der Waals surface area contributed by atoms with E-state index in [1.165, 1.54) is 39.0 Å². The maximum atomic E-state index is 5.06. The summed E-state index contributed by atoms with van der Waals surface area (Å²) >= 11 is 1.36. The van der Waals surface area contributed by atoms with Crippen LogP contribution in [0.15, 0.2) is 54.6 Å². The molecule has 0 spiro atoms. The van der Waals surface area contributed by atoms with Gasteiger partial charge in [-0.2, -0.15) is 0 Å². The Balaban J connectivity index is 0.000000246. The third kappa shape index (κ3) is 4.64. The van der Waals surface area contributed by atoms with Gasteiger partial charge in [-0.05, 0) is 18.2 Å². The fourth-order valence-corrected chi connectivity index (χ4v) is 6.82. The van der Waals surface area contributed by atoms with Gasteiger partial charge in [-0.3, -0.25) is 0 Å². The number of benzene rings is 2. The Morgan fingerprint density at radius 3 is 1.42 bits per heavy atom. The van der Waals surface area contributed by atoms with Crippen LogP contribution in [0.5, 0.6) is 0 Å². The van der Waals surface area contributed by atoms with Gasteiger partial charge >= 0.3 is 56.0 Å². The van der Waals surface area contributed by atoms with Crippen LogP contribution in [0.2, 0.25) is 0 Å². The average Bonchev–Trinajstić information content (AvgIpc) is 3.07. The average molecular weight is 605 g/mol. The van der Waals surface area contributed by atoms with Gasteiger partial charge in [0, 0.05) is 55.6 Å². The molecule has 0 aliphatic rings. The molecular weight excluding hydrogens is 596 g/mol. The Morgan fingerprint density at radius 1 is 0.615 bits per heavy atom. The van der Waals surface area contributed by atoms with Crippen molar-refractivity contribution in [2.24, 2.45) is 0 Å². The summed E-state index contributed by atoms with van der Waals surface area (Å²) in [5, 5.41) is 5.60. The molecule has 0 N–H and O–H groups in total. The van der Waals surface area contributed by atoms with Crippen molar-refractivity contribution < 1.29 is 0 Å². The van der Waals surface area contributed by atoms with Gasteiger partial charge in [-0.1, -0.05) is 36.4 Å². The molecule has 0 fully saturated rings. The second-order valence-electron chi connectivity index (χ2n) is 5.56. The summed E-state index contributed by atoms with van der Waals surface area (Å²) in [6, 6.07) is 19.8. The first-order valence-corrected chi connectivity index (χ1v) is 27.9. The van der Waals surface area contributed by atoms with Gasteiger partial charge in [-0.15, -0.1) is 0 Å². The van der Waals surface area contributed by atoms with Crippen LogP contribution < -0.4 is 0 Å². The van der Waals surface area contributed by atoms with Crippen LogP contribution in [0.3, 0.4) is 0 Å². The van der Waals surface area contributed by atoms with Gasteiger partial charge in [-0.25, -0.2) is 0 Å². The molecule has 0 bridgehead atoms. The maximum Gasteiger partial charge on any atom is 0.222 e. The zero-order chi connectivity index (χ0) is 18.6. The molecule has 0 aliphatic carbocycles. The molecule has 0 atom stereocenters. The van der Waals surface area contributed by atoms with Gasteiger partial charge in [0.15, 0.2) is 0 Å². The molecule has 2 aromatic carbocycles. The Hall–Kier alpha value is 0.699. The molecule has 26 heavy (non-hydrogen) atoms. The molecule has 0 saturated carbocycles. The van der Waals surface area contributed by atoms with Crippen LogP contribution in [0, 0.1) is 0 Å². The number of fused-ring (bicyclic) bond motifs is 6. The second kappa shape index (κ2) is 7.19. The minimum atomic E-state index is -4.40. The number of hydrogen-bond acceptors (Lipinski definition) is 2. The predicted molar refractivity (Wildman–Crippen MR) is 130 cm³/mol. The Bertz CT molecular complexity index is 1160. The predicted octanol–water partition coefficient (Wildman–Crippen LogP) is 9.83. The van der Waals surface area contributed by atoms with Crippen molar-refractivity contribution in [2.75, 3.05) is 0 Å². The van der Waals surface area contributed by atoms with Crippen molar-refractivity contribution in [1.29, 1.82) is 0 Å². The molecule has 3 heterocycles. The molecule has 0 aliphatic heterocycles. The molecule has 0 saturated heterocycles. The van der Waals surface area contributed by atoms with Gasteiger partial charge < -0.3 is 0 Å². The largest absolute Gasteiger partial charge is 0.222 e. The van der Waals surface area contributed by atoms with Gasteiger partial charge in [0.1, 0.15) is 9.40 Å². The van der Waals surface area contributed by atoms with Crippen molar-refractivity contribution in [3.05, 3.63) is 54.6 Å². The van der Waals surface area contributed by atoms with Crippen LogP contribution in [-0.4, -0.2) is 11.4 Å². The van der Waals surface area contributed by atoms with E-state index in [1.807, 2.05) is 34.0 Å². The van der Waals surface area contributed by atoms with Gasteiger partial charge in [0.2, 0.25) is 8.03 Å². The monoisotopic (exact) mass is 604 g/mol. The minimum Gasteiger partial charge on any atom is -0.0615 e. The number of thiophene rings is 2. The van der Waals surface area contributed by atoms with Crippen LogP contribution in [0.4, 0.5) is 0 Å². The first-order valence-electron chi connectivity index (χ1n) is 7.40. The molecule has 3 aromatic heterocycles. The summed E-state index contributed by atoms with van der Waals surface area (Å²) in [5.41, 5.74) is 0. The summed E-state index contributed by atoms with van der Waals surface area (Å²) in [7, 11) is 25.3. The van der Waals surface area contributed by atoms with E-state index in [0.717, 1.165) is 0 Å². The van der Waals surface area contributed by atoms with Crippen molar-refractivity contribution in [3.8, 4) is 0 Å². The van der Waals surface area contributed by atoms with E-state index in [9.17, 15) is 0 Å². The van der Waals surface area contributed by atoms with E-state index in [4.69, 9.17) is 44.6 Å². The molecular formula is C17H9Cl5S3Sn. The molecule has 0 nitrogen and oxygen atoms in total. The van der Waals surface area contributed by atoms with Crippen LogP contribution >= 0.6 is 78.6 Å². The van der Waals surface area contributed by atoms with Crippen molar-refractivity contribution in [1.82, 2.24) is 0 Å². The van der Waals surface area contributed by atoms with Crippen LogP contribution in [-0.2, 0) is 0 Å². The molecule has 0 unspecified atom stereocenters. The van der Waals surface area contributed by atoms with Crippen LogP contribution in [0.25, 0.3) is 39.0 Å². The smallest absolute Gasteiger partial charge is 0.0615 e. The fraction of sp³-hybridized carbons (Fsp3) is 0. The molecule has 9 heteroatoms. The summed E-state index contributed by atoms with van der Waals surface area (Å²) in [6.45, 7) is 0. The number of rotatable bonds is 0. The Labute approximate surface area is 181 Å². The SMILES string of the molecule is [Cl][Sn-]([Cl])([Cl])([Cl])[Cl].c1ccc2c(c1)sc1[s+]c3sc4ccccc4c3cc12. The third-order valence-electron chi connectivity index (χ3n) is 3.67. The standard InChI is InChI=1S/C17H9S3.5ClH.Sn/c1-3-7-14-10(5-1)12-9-13-11-6-2-4-8-15(11)19-17(13)20-16(12)18-14;;;;;;/h1-9H;5*1H;/q+1;;;;;;+4/p-5. The number of halogens is 5. The number of hydrogen-bond donors (Lipinski definition) is 0. The molecule has 0 amide bonds. The molecule has 5 aromatic rings.